The molecule has 0 radical (unpaired) electrons. The molecular weight excluding hydrogens is 292 g/mol. The molecule has 2 rings (SSSR count). The van der Waals surface area contributed by atoms with Gasteiger partial charge in [-0.3, -0.25) is 14.2 Å². The van der Waals surface area contributed by atoms with Gasteiger partial charge in [-0.15, -0.1) is 0 Å². The summed E-state index contributed by atoms with van der Waals surface area (Å²) in [5.41, 5.74) is 1.10. The molecule has 2 aromatic rings. The maximum absolute atomic E-state index is 12.6. The van der Waals surface area contributed by atoms with E-state index >= 15 is 0 Å². The number of nitrogens with zero attached hydrogens (tertiary/aromatic N) is 4. The lowest BCUT2D eigenvalue weighted by Crippen LogP contribution is -2.32. The molecule has 0 aliphatic heterocycles. The first-order valence-electron chi connectivity index (χ1n) is 7.02. The molecule has 0 saturated carbocycles. The van der Waals surface area contributed by atoms with Crippen LogP contribution >= 0.6 is 0 Å². The summed E-state index contributed by atoms with van der Waals surface area (Å²) in [5, 5.41) is 10.7. The molecule has 1 atom stereocenters. The van der Waals surface area contributed by atoms with Gasteiger partial charge in [-0.2, -0.15) is 10.2 Å². The third-order valence-electron chi connectivity index (χ3n) is 3.48. The molecule has 0 spiro atoms. The topological polar surface area (TPSA) is 64.7 Å². The van der Waals surface area contributed by atoms with Crippen molar-refractivity contribution in [3.8, 4) is 0 Å². The highest BCUT2D eigenvalue weighted by Crippen LogP contribution is 2.18. The second-order valence-electron chi connectivity index (χ2n) is 5.08. The number of hydrogen-bond donors (Lipinski definition) is 1. The van der Waals surface area contributed by atoms with Crippen LogP contribution in [0.2, 0.25) is 0 Å². The lowest BCUT2D eigenvalue weighted by molar-refractivity contribution is -0.122. The molecule has 0 bridgehead atoms. The molecule has 22 heavy (non-hydrogen) atoms. The minimum atomic E-state index is -2.64. The Balaban J connectivity index is 2.05. The summed E-state index contributed by atoms with van der Waals surface area (Å²) in [7, 11) is 1.80. The van der Waals surface area contributed by atoms with Crippen molar-refractivity contribution in [2.45, 2.75) is 39.3 Å². The van der Waals surface area contributed by atoms with Gasteiger partial charge in [0.1, 0.15) is 12.2 Å². The van der Waals surface area contributed by atoms with Crippen molar-refractivity contribution in [1.29, 1.82) is 0 Å². The Bertz CT molecular complexity index is 649. The van der Waals surface area contributed by atoms with E-state index in [0.29, 0.717) is 12.1 Å². The van der Waals surface area contributed by atoms with E-state index in [1.807, 2.05) is 13.0 Å². The fraction of sp³-hybridized carbons (Fsp3) is 0.500. The monoisotopic (exact) mass is 311 g/mol. The maximum Gasteiger partial charge on any atom is 0.282 e. The molecule has 6 nitrogen and oxygen atoms in total. The molecule has 2 heterocycles. The fourth-order valence-electron chi connectivity index (χ4n) is 2.29. The van der Waals surface area contributed by atoms with E-state index in [4.69, 9.17) is 0 Å². The summed E-state index contributed by atoms with van der Waals surface area (Å²) in [6.45, 7) is 3.50. The van der Waals surface area contributed by atoms with Crippen molar-refractivity contribution >= 4 is 5.91 Å². The number of nitrogens with one attached hydrogen (secondary N) is 1. The SMILES string of the molecule is CC[C@@H](NC(=O)Cn1nc(C(F)F)cc1C)c1ccnn1C. The van der Waals surface area contributed by atoms with Crippen molar-refractivity contribution in [1.82, 2.24) is 24.9 Å². The molecule has 8 heteroatoms. The Morgan fingerprint density at radius 1 is 1.45 bits per heavy atom. The molecule has 0 fully saturated rings. The van der Waals surface area contributed by atoms with Crippen LogP contribution in [-0.2, 0) is 18.4 Å². The van der Waals surface area contributed by atoms with Gasteiger partial charge in [-0.05, 0) is 25.5 Å². The number of carbonyl (C=O) groups is 1. The van der Waals surface area contributed by atoms with E-state index < -0.39 is 6.43 Å². The molecular formula is C14H19F2N5O. The van der Waals surface area contributed by atoms with Crippen molar-refractivity contribution in [2.75, 3.05) is 0 Å². The Kier molecular flexibility index (Phi) is 4.89. The van der Waals surface area contributed by atoms with Crippen molar-refractivity contribution < 1.29 is 13.6 Å². The van der Waals surface area contributed by atoms with Gasteiger partial charge in [0.15, 0.2) is 0 Å². The van der Waals surface area contributed by atoms with Gasteiger partial charge in [0, 0.05) is 18.9 Å². The smallest absolute Gasteiger partial charge is 0.282 e. The molecule has 0 aromatic carbocycles. The number of carbonyl (C=O) groups excluding carboxylic acids is 1. The summed E-state index contributed by atoms with van der Waals surface area (Å²) < 4.78 is 28.2. The Labute approximate surface area is 127 Å². The maximum atomic E-state index is 12.6. The predicted octanol–water partition coefficient (Wildman–Crippen LogP) is 2.13. The summed E-state index contributed by atoms with van der Waals surface area (Å²) in [6, 6.07) is 2.95. The van der Waals surface area contributed by atoms with Crippen LogP contribution in [0.1, 0.15) is 42.9 Å². The Morgan fingerprint density at radius 2 is 2.18 bits per heavy atom. The Hall–Kier alpha value is -2.25. The average molecular weight is 311 g/mol. The van der Waals surface area contributed by atoms with E-state index in [2.05, 4.69) is 15.5 Å². The second kappa shape index (κ2) is 6.67. The van der Waals surface area contributed by atoms with Gasteiger partial charge in [0.25, 0.3) is 6.43 Å². The van der Waals surface area contributed by atoms with Crippen LogP contribution in [0.5, 0.6) is 0 Å². The van der Waals surface area contributed by atoms with Gasteiger partial charge < -0.3 is 5.32 Å². The quantitative estimate of drug-likeness (QED) is 0.889. The highest BCUT2D eigenvalue weighted by molar-refractivity contribution is 5.76. The standard InChI is InChI=1S/C14H19F2N5O/c1-4-10(12-5-6-17-20(12)3)18-13(22)8-21-9(2)7-11(19-21)14(15)16/h5-7,10,14H,4,8H2,1-3H3,(H,18,22)/t10-/m1/s1. The molecule has 120 valence electrons. The van der Waals surface area contributed by atoms with E-state index in [0.717, 1.165) is 5.69 Å². The van der Waals surface area contributed by atoms with Gasteiger partial charge >= 0.3 is 0 Å². The zero-order chi connectivity index (χ0) is 16.3. The summed E-state index contributed by atoms with van der Waals surface area (Å²) >= 11 is 0. The minimum Gasteiger partial charge on any atom is -0.346 e. The molecule has 1 amide bonds. The van der Waals surface area contributed by atoms with Crippen molar-refractivity contribution in [3.05, 3.63) is 35.4 Å². The highest BCUT2D eigenvalue weighted by Gasteiger charge is 2.18. The van der Waals surface area contributed by atoms with Crippen LogP contribution in [-0.4, -0.2) is 25.5 Å². The van der Waals surface area contributed by atoms with Crippen LogP contribution in [0, 0.1) is 6.92 Å². The van der Waals surface area contributed by atoms with Crippen LogP contribution in [0.4, 0.5) is 8.78 Å². The largest absolute Gasteiger partial charge is 0.346 e. The minimum absolute atomic E-state index is 0.0904. The van der Waals surface area contributed by atoms with Crippen molar-refractivity contribution in [2.24, 2.45) is 7.05 Å². The lowest BCUT2D eigenvalue weighted by Gasteiger charge is -2.17. The molecule has 0 saturated heterocycles. The average Bonchev–Trinajstić information content (AvgIpc) is 3.03. The van der Waals surface area contributed by atoms with Crippen LogP contribution in [0.3, 0.4) is 0 Å². The third kappa shape index (κ3) is 3.49. The lowest BCUT2D eigenvalue weighted by atomic mass is 10.1. The zero-order valence-corrected chi connectivity index (χ0v) is 12.8. The van der Waals surface area contributed by atoms with Crippen LogP contribution in [0.25, 0.3) is 0 Å². The summed E-state index contributed by atoms with van der Waals surface area (Å²) in [4.78, 5) is 12.1. The van der Waals surface area contributed by atoms with Crippen LogP contribution in [0.15, 0.2) is 18.3 Å². The predicted molar refractivity (Wildman–Crippen MR) is 76.3 cm³/mol. The Morgan fingerprint density at radius 3 is 2.68 bits per heavy atom. The number of hydrogen-bond acceptors (Lipinski definition) is 3. The fourth-order valence-corrected chi connectivity index (χ4v) is 2.29. The summed E-state index contributed by atoms with van der Waals surface area (Å²) in [6.07, 6.45) is -0.275. The number of aryl methyl sites for hydroxylation is 2. The molecule has 0 aliphatic rings. The van der Waals surface area contributed by atoms with E-state index in [1.54, 1.807) is 24.9 Å². The first-order valence-corrected chi connectivity index (χ1v) is 7.02. The first kappa shape index (κ1) is 16.1. The molecule has 0 aliphatic carbocycles. The highest BCUT2D eigenvalue weighted by atomic mass is 19.3. The summed E-state index contributed by atoms with van der Waals surface area (Å²) in [5.74, 6) is -0.278. The van der Waals surface area contributed by atoms with E-state index in [1.165, 1.54) is 10.7 Å². The van der Waals surface area contributed by atoms with Crippen LogP contribution < -0.4 is 5.32 Å². The third-order valence-corrected chi connectivity index (χ3v) is 3.48. The number of rotatable bonds is 6. The first-order chi connectivity index (χ1) is 10.4. The van der Waals surface area contributed by atoms with Gasteiger partial charge in [-0.1, -0.05) is 6.92 Å². The zero-order valence-electron chi connectivity index (χ0n) is 12.8. The van der Waals surface area contributed by atoms with E-state index in [-0.39, 0.29) is 24.2 Å². The number of halogens is 2. The number of amides is 1. The molecule has 2 aromatic heterocycles. The normalized spacial score (nSPS) is 12.6. The number of aromatic nitrogens is 4. The number of alkyl halides is 2. The van der Waals surface area contributed by atoms with Gasteiger partial charge in [-0.25, -0.2) is 8.78 Å². The van der Waals surface area contributed by atoms with Gasteiger partial charge in [0.05, 0.1) is 11.7 Å². The van der Waals surface area contributed by atoms with Gasteiger partial charge in [0.2, 0.25) is 5.91 Å². The second-order valence-corrected chi connectivity index (χ2v) is 5.08. The molecule has 1 N–H and O–H groups in total. The van der Waals surface area contributed by atoms with Crippen molar-refractivity contribution in [3.63, 3.8) is 0 Å². The van der Waals surface area contributed by atoms with E-state index in [9.17, 15) is 13.6 Å². The molecule has 0 unspecified atom stereocenters.